The second kappa shape index (κ2) is 10.9. The van der Waals surface area contributed by atoms with Crippen molar-refractivity contribution in [2.45, 2.75) is 59.3 Å². The van der Waals surface area contributed by atoms with E-state index < -0.39 is 0 Å². The van der Waals surface area contributed by atoms with Crippen LogP contribution in [-0.2, 0) is 10.2 Å². The molecule has 1 aliphatic heterocycles. The molecule has 0 bridgehead atoms. The van der Waals surface area contributed by atoms with E-state index in [4.69, 9.17) is 9.72 Å². The third-order valence-electron chi connectivity index (χ3n) is 8.59. The van der Waals surface area contributed by atoms with E-state index in [0.717, 1.165) is 58.3 Å². The number of piperidine rings is 1. The Morgan fingerprint density at radius 2 is 1.77 bits per heavy atom. The zero-order valence-electron chi connectivity index (χ0n) is 24.2. The predicted molar refractivity (Wildman–Crippen MR) is 161 cm³/mol. The fourth-order valence-corrected chi connectivity index (χ4v) is 6.04. The molecule has 5 rings (SSSR count). The number of imidazole rings is 1. The summed E-state index contributed by atoms with van der Waals surface area (Å²) in [6, 6.07) is 20.8. The van der Waals surface area contributed by atoms with E-state index in [1.807, 2.05) is 36.7 Å². The van der Waals surface area contributed by atoms with E-state index in [2.05, 4.69) is 74.4 Å². The maximum atomic E-state index is 13.5. The van der Waals surface area contributed by atoms with E-state index in [0.29, 0.717) is 5.56 Å². The van der Waals surface area contributed by atoms with E-state index in [-0.39, 0.29) is 11.4 Å². The number of carbonyl (C=O) groups excluding carboxylic acids is 1. The van der Waals surface area contributed by atoms with Gasteiger partial charge in [0.15, 0.2) is 0 Å². The van der Waals surface area contributed by atoms with Crippen molar-refractivity contribution >= 4 is 22.7 Å². The fraction of sp³-hybridized carbons (Fsp3) is 0.412. The lowest BCUT2D eigenvalue weighted by Crippen LogP contribution is -2.35. The molecule has 1 fully saturated rings. The molecule has 0 spiro atoms. The van der Waals surface area contributed by atoms with Gasteiger partial charge in [-0.2, -0.15) is 0 Å². The molecular formula is C34H41N3O2. The molecule has 5 nitrogen and oxygen atoms in total. The van der Waals surface area contributed by atoms with Crippen molar-refractivity contribution in [1.82, 2.24) is 9.55 Å². The number of nitrogens with zero attached hydrogens (tertiary/aromatic N) is 3. The van der Waals surface area contributed by atoms with Crippen molar-refractivity contribution < 1.29 is 9.53 Å². The summed E-state index contributed by atoms with van der Waals surface area (Å²) in [5, 5.41) is 0. The van der Waals surface area contributed by atoms with Gasteiger partial charge in [0, 0.05) is 18.8 Å². The monoisotopic (exact) mass is 523 g/mol. The summed E-state index contributed by atoms with van der Waals surface area (Å²) in [4.78, 5) is 20.8. The molecule has 39 heavy (non-hydrogen) atoms. The lowest BCUT2D eigenvalue weighted by molar-refractivity contribution is 0.0601. The Morgan fingerprint density at radius 1 is 1.05 bits per heavy atom. The summed E-state index contributed by atoms with van der Waals surface area (Å²) >= 11 is 0. The smallest absolute Gasteiger partial charge is 0.340 e. The van der Waals surface area contributed by atoms with E-state index >= 15 is 0 Å². The van der Waals surface area contributed by atoms with Crippen LogP contribution < -0.4 is 4.90 Å². The minimum atomic E-state index is -0.347. The SMILES string of the molecule is CCC(C)C1CCN(c2ccc3ncn(-c4c(C(C)(C)C)ccc(-c5ccccc5)c4C(=O)OC)c3c2)CC1. The van der Waals surface area contributed by atoms with E-state index in [9.17, 15) is 4.79 Å². The summed E-state index contributed by atoms with van der Waals surface area (Å²) in [6.07, 6.45) is 5.56. The maximum absolute atomic E-state index is 13.5. The van der Waals surface area contributed by atoms with Gasteiger partial charge < -0.3 is 9.64 Å². The molecule has 0 aliphatic carbocycles. The van der Waals surface area contributed by atoms with Crippen LogP contribution in [0.25, 0.3) is 27.8 Å². The highest BCUT2D eigenvalue weighted by Crippen LogP contribution is 2.39. The summed E-state index contributed by atoms with van der Waals surface area (Å²) in [7, 11) is 1.46. The highest BCUT2D eigenvalue weighted by Gasteiger charge is 2.29. The maximum Gasteiger partial charge on any atom is 0.340 e. The molecule has 0 amide bonds. The third-order valence-corrected chi connectivity index (χ3v) is 8.59. The van der Waals surface area contributed by atoms with Crippen LogP contribution in [0.15, 0.2) is 67.0 Å². The number of anilines is 1. The van der Waals surface area contributed by atoms with Gasteiger partial charge in [0.2, 0.25) is 0 Å². The van der Waals surface area contributed by atoms with Crippen LogP contribution in [0.2, 0.25) is 0 Å². The topological polar surface area (TPSA) is 47.4 Å². The number of esters is 1. The Bertz CT molecular complexity index is 1460. The molecule has 0 radical (unpaired) electrons. The van der Waals surface area contributed by atoms with Crippen LogP contribution >= 0.6 is 0 Å². The van der Waals surface area contributed by atoms with Crippen molar-refractivity contribution in [2.75, 3.05) is 25.1 Å². The molecular weight excluding hydrogens is 482 g/mol. The Morgan fingerprint density at radius 3 is 2.41 bits per heavy atom. The number of ether oxygens (including phenoxy) is 1. The van der Waals surface area contributed by atoms with Gasteiger partial charge in [-0.05, 0) is 65.0 Å². The molecule has 1 aliphatic rings. The highest BCUT2D eigenvalue weighted by molar-refractivity contribution is 6.02. The van der Waals surface area contributed by atoms with Gasteiger partial charge in [0.05, 0.1) is 29.4 Å². The standard InChI is InChI=1S/C34H41N3O2/c1-7-23(2)24-17-19-36(20-18-24)26-13-16-29-30(21-26)37(22-35-29)32-28(34(3,4)5)15-14-27(31(32)33(38)39-6)25-11-9-8-10-12-25/h8-16,21-24H,7,17-20H2,1-6H3. The van der Waals surface area contributed by atoms with Crippen LogP contribution in [0.4, 0.5) is 5.69 Å². The van der Waals surface area contributed by atoms with Crippen molar-refractivity contribution in [2.24, 2.45) is 11.8 Å². The van der Waals surface area contributed by atoms with E-state index in [1.54, 1.807) is 0 Å². The van der Waals surface area contributed by atoms with E-state index in [1.165, 1.54) is 32.1 Å². The molecule has 1 atom stereocenters. The summed E-state index contributed by atoms with van der Waals surface area (Å²) in [6.45, 7) is 13.4. The molecule has 5 heteroatoms. The third kappa shape index (κ3) is 5.19. The minimum absolute atomic E-state index is 0.209. The number of fused-ring (bicyclic) bond motifs is 1. The second-order valence-corrected chi connectivity index (χ2v) is 12.0. The normalized spacial score (nSPS) is 15.5. The van der Waals surface area contributed by atoms with Gasteiger partial charge in [0.25, 0.3) is 0 Å². The molecule has 1 unspecified atom stereocenters. The molecule has 1 aromatic heterocycles. The number of benzene rings is 3. The number of aromatic nitrogens is 2. The summed E-state index contributed by atoms with van der Waals surface area (Å²) in [5.41, 5.74) is 7.22. The average Bonchev–Trinajstić information content (AvgIpc) is 3.38. The zero-order chi connectivity index (χ0) is 27.7. The van der Waals surface area contributed by atoms with Gasteiger partial charge in [0.1, 0.15) is 6.33 Å². The zero-order valence-corrected chi connectivity index (χ0v) is 24.2. The largest absolute Gasteiger partial charge is 0.465 e. The average molecular weight is 524 g/mol. The van der Waals surface area contributed by atoms with Gasteiger partial charge in [-0.25, -0.2) is 9.78 Å². The van der Waals surface area contributed by atoms with Crippen LogP contribution in [-0.4, -0.2) is 35.7 Å². The molecule has 3 aromatic carbocycles. The van der Waals surface area contributed by atoms with Crippen molar-refractivity contribution in [3.05, 3.63) is 78.1 Å². The number of methoxy groups -OCH3 is 1. The summed E-state index contributed by atoms with van der Waals surface area (Å²) < 4.78 is 7.49. The van der Waals surface area contributed by atoms with Gasteiger partial charge in [-0.15, -0.1) is 0 Å². The first-order chi connectivity index (χ1) is 18.7. The number of rotatable bonds is 6. The second-order valence-electron chi connectivity index (χ2n) is 12.0. The predicted octanol–water partition coefficient (Wildman–Crippen LogP) is 8.04. The van der Waals surface area contributed by atoms with Crippen LogP contribution in [0.1, 0.15) is 69.8 Å². The molecule has 1 saturated heterocycles. The molecule has 0 N–H and O–H groups in total. The van der Waals surface area contributed by atoms with Gasteiger partial charge in [-0.3, -0.25) is 4.57 Å². The quantitative estimate of drug-likeness (QED) is 0.240. The number of hydrogen-bond acceptors (Lipinski definition) is 4. The lowest BCUT2D eigenvalue weighted by atomic mass is 9.82. The minimum Gasteiger partial charge on any atom is -0.465 e. The van der Waals surface area contributed by atoms with Crippen LogP contribution in [0, 0.1) is 11.8 Å². The Kier molecular flexibility index (Phi) is 7.53. The summed E-state index contributed by atoms with van der Waals surface area (Å²) in [5.74, 6) is 1.23. The number of hydrogen-bond donors (Lipinski definition) is 0. The highest BCUT2D eigenvalue weighted by atomic mass is 16.5. The van der Waals surface area contributed by atoms with Crippen molar-refractivity contribution in [3.63, 3.8) is 0 Å². The Balaban J connectivity index is 1.67. The first kappa shape index (κ1) is 27.0. The van der Waals surface area contributed by atoms with Gasteiger partial charge in [-0.1, -0.05) is 83.5 Å². The van der Waals surface area contributed by atoms with Crippen LogP contribution in [0.3, 0.4) is 0 Å². The molecule has 2 heterocycles. The van der Waals surface area contributed by atoms with Crippen molar-refractivity contribution in [1.29, 1.82) is 0 Å². The molecule has 204 valence electrons. The Hall–Kier alpha value is -3.60. The fourth-order valence-electron chi connectivity index (χ4n) is 6.04. The number of carbonyl (C=O) groups is 1. The Labute approximate surface area is 232 Å². The van der Waals surface area contributed by atoms with Crippen LogP contribution in [0.5, 0.6) is 0 Å². The lowest BCUT2D eigenvalue weighted by Gasteiger charge is -2.36. The van der Waals surface area contributed by atoms with Gasteiger partial charge >= 0.3 is 5.97 Å². The first-order valence-electron chi connectivity index (χ1n) is 14.3. The molecule has 0 saturated carbocycles. The van der Waals surface area contributed by atoms with Crippen molar-refractivity contribution in [3.8, 4) is 16.8 Å². The molecule has 4 aromatic rings. The first-order valence-corrected chi connectivity index (χ1v) is 14.3.